The van der Waals surface area contributed by atoms with E-state index in [9.17, 15) is 9.59 Å². The molecule has 0 amide bonds. The second kappa shape index (κ2) is 7.31. The van der Waals surface area contributed by atoms with Crippen LogP contribution in [0.3, 0.4) is 0 Å². The van der Waals surface area contributed by atoms with Crippen LogP contribution >= 0.6 is 0 Å². The van der Waals surface area contributed by atoms with Gasteiger partial charge in [-0.1, -0.05) is 6.92 Å². The number of methoxy groups -OCH3 is 2. The van der Waals surface area contributed by atoms with Gasteiger partial charge in [0.1, 0.15) is 23.0 Å². The van der Waals surface area contributed by atoms with Crippen LogP contribution in [-0.4, -0.2) is 26.0 Å². The van der Waals surface area contributed by atoms with Crippen molar-refractivity contribution in [2.75, 3.05) is 14.2 Å². The summed E-state index contributed by atoms with van der Waals surface area (Å²) < 4.78 is 21.3. The summed E-state index contributed by atoms with van der Waals surface area (Å²) in [4.78, 5) is 24.0. The van der Waals surface area contributed by atoms with Crippen molar-refractivity contribution in [1.29, 1.82) is 0 Å². The lowest BCUT2D eigenvalue weighted by Gasteiger charge is -2.08. The highest BCUT2D eigenvalue weighted by Gasteiger charge is 2.28. The molecule has 3 rings (SSSR count). The zero-order valence-corrected chi connectivity index (χ0v) is 14.7. The molecule has 6 heteroatoms. The van der Waals surface area contributed by atoms with E-state index in [2.05, 4.69) is 0 Å². The average molecular weight is 354 g/mol. The average Bonchev–Trinajstić information content (AvgIpc) is 2.97. The minimum absolute atomic E-state index is 0.169. The Balaban J connectivity index is 1.90. The molecule has 134 valence electrons. The van der Waals surface area contributed by atoms with Crippen LogP contribution in [0, 0.1) is 0 Å². The molecule has 6 nitrogen and oxygen atoms in total. The van der Waals surface area contributed by atoms with Crippen molar-refractivity contribution in [2.24, 2.45) is 0 Å². The van der Waals surface area contributed by atoms with E-state index in [1.807, 2.05) is 0 Å². The van der Waals surface area contributed by atoms with Crippen molar-refractivity contribution in [3.05, 3.63) is 53.3 Å². The monoisotopic (exact) mass is 354 g/mol. The van der Waals surface area contributed by atoms with Gasteiger partial charge in [0, 0.05) is 24.1 Å². The van der Waals surface area contributed by atoms with Gasteiger partial charge >= 0.3 is 5.97 Å². The summed E-state index contributed by atoms with van der Waals surface area (Å²) in [5.41, 5.74) is 1.10. The van der Waals surface area contributed by atoms with Gasteiger partial charge < -0.3 is 18.9 Å². The summed E-state index contributed by atoms with van der Waals surface area (Å²) in [6.45, 7) is 1.71. The first kappa shape index (κ1) is 17.5. The molecule has 0 aromatic heterocycles. The second-order valence-corrected chi connectivity index (χ2v) is 5.53. The number of allylic oxidation sites excluding steroid dienone is 1. The van der Waals surface area contributed by atoms with Crippen LogP contribution in [-0.2, 0) is 4.79 Å². The summed E-state index contributed by atoms with van der Waals surface area (Å²) >= 11 is 0. The molecule has 0 N–H and O–H groups in total. The molecule has 1 aliphatic heterocycles. The lowest BCUT2D eigenvalue weighted by atomic mass is 10.1. The summed E-state index contributed by atoms with van der Waals surface area (Å²) in [7, 11) is 3.10. The molecular formula is C20H18O6. The quantitative estimate of drug-likeness (QED) is 0.464. The molecule has 0 fully saturated rings. The zero-order chi connectivity index (χ0) is 18.7. The zero-order valence-electron chi connectivity index (χ0n) is 14.7. The fourth-order valence-electron chi connectivity index (χ4n) is 2.51. The molecular weight excluding hydrogens is 336 g/mol. The Labute approximate surface area is 150 Å². The lowest BCUT2D eigenvalue weighted by Crippen LogP contribution is -2.05. The van der Waals surface area contributed by atoms with E-state index in [0.29, 0.717) is 34.1 Å². The molecule has 0 unspecified atom stereocenters. The van der Waals surface area contributed by atoms with E-state index in [0.717, 1.165) is 0 Å². The molecule has 1 heterocycles. The van der Waals surface area contributed by atoms with Crippen LogP contribution in [0.2, 0.25) is 0 Å². The number of ether oxygens (including phenoxy) is 4. The fourth-order valence-corrected chi connectivity index (χ4v) is 2.51. The Bertz CT molecular complexity index is 897. The van der Waals surface area contributed by atoms with Crippen molar-refractivity contribution >= 4 is 17.8 Å². The Morgan fingerprint density at radius 1 is 1.08 bits per heavy atom. The standard InChI is InChI=1S/C20H18O6/c1-4-19(21)25-14-7-8-15-17(11-14)26-18(20(15)22)9-12-5-6-13(23-2)10-16(12)24-3/h5-11H,4H2,1-3H3/b18-9-. The highest BCUT2D eigenvalue weighted by atomic mass is 16.5. The first-order valence-electron chi connectivity index (χ1n) is 8.06. The third kappa shape index (κ3) is 3.39. The molecule has 0 radical (unpaired) electrons. The molecule has 0 atom stereocenters. The number of hydrogen-bond acceptors (Lipinski definition) is 6. The predicted octanol–water partition coefficient (Wildman–Crippen LogP) is 3.64. The molecule has 0 saturated heterocycles. The number of benzene rings is 2. The van der Waals surface area contributed by atoms with Crippen molar-refractivity contribution in [1.82, 2.24) is 0 Å². The van der Waals surface area contributed by atoms with Crippen molar-refractivity contribution in [3.63, 3.8) is 0 Å². The van der Waals surface area contributed by atoms with Gasteiger partial charge in [0.2, 0.25) is 5.78 Å². The first-order valence-corrected chi connectivity index (χ1v) is 8.06. The van der Waals surface area contributed by atoms with Crippen LogP contribution < -0.4 is 18.9 Å². The van der Waals surface area contributed by atoms with Crippen LogP contribution in [0.5, 0.6) is 23.0 Å². The maximum absolute atomic E-state index is 12.5. The van der Waals surface area contributed by atoms with Crippen LogP contribution in [0.15, 0.2) is 42.2 Å². The molecule has 0 saturated carbocycles. The van der Waals surface area contributed by atoms with Crippen molar-refractivity contribution in [2.45, 2.75) is 13.3 Å². The van der Waals surface area contributed by atoms with Crippen LogP contribution in [0.25, 0.3) is 6.08 Å². The Morgan fingerprint density at radius 3 is 2.54 bits per heavy atom. The van der Waals surface area contributed by atoms with Gasteiger partial charge in [0.05, 0.1) is 19.8 Å². The Kier molecular flexibility index (Phi) is 4.93. The first-order chi connectivity index (χ1) is 12.5. The minimum atomic E-state index is -0.354. The van der Waals surface area contributed by atoms with Crippen molar-refractivity contribution < 1.29 is 28.5 Å². The highest BCUT2D eigenvalue weighted by molar-refractivity contribution is 6.14. The summed E-state index contributed by atoms with van der Waals surface area (Å²) in [5.74, 6) is 1.47. The minimum Gasteiger partial charge on any atom is -0.497 e. The number of carbonyl (C=O) groups excluding carboxylic acids is 2. The molecule has 26 heavy (non-hydrogen) atoms. The van der Waals surface area contributed by atoms with Gasteiger partial charge in [-0.15, -0.1) is 0 Å². The number of carbonyl (C=O) groups is 2. The number of fused-ring (bicyclic) bond motifs is 1. The molecule has 2 aromatic carbocycles. The van der Waals surface area contributed by atoms with Crippen molar-refractivity contribution in [3.8, 4) is 23.0 Å². The topological polar surface area (TPSA) is 71.1 Å². The maximum atomic E-state index is 12.5. The van der Waals surface area contributed by atoms with Gasteiger partial charge in [-0.2, -0.15) is 0 Å². The molecule has 2 aromatic rings. The predicted molar refractivity (Wildman–Crippen MR) is 94.8 cm³/mol. The number of hydrogen-bond donors (Lipinski definition) is 0. The van der Waals surface area contributed by atoms with Gasteiger partial charge in [-0.3, -0.25) is 9.59 Å². The van der Waals surface area contributed by atoms with E-state index in [1.165, 1.54) is 13.2 Å². The Hall–Kier alpha value is -3.28. The molecule has 0 bridgehead atoms. The van der Waals surface area contributed by atoms with E-state index in [4.69, 9.17) is 18.9 Å². The van der Waals surface area contributed by atoms with Gasteiger partial charge in [-0.05, 0) is 30.3 Å². The van der Waals surface area contributed by atoms with Gasteiger partial charge in [0.25, 0.3) is 0 Å². The molecule has 0 spiro atoms. The third-order valence-corrected chi connectivity index (χ3v) is 3.89. The summed E-state index contributed by atoms with van der Waals surface area (Å²) in [5, 5.41) is 0. The number of rotatable bonds is 5. The number of ketones is 1. The molecule has 0 aliphatic carbocycles. The maximum Gasteiger partial charge on any atom is 0.310 e. The van der Waals surface area contributed by atoms with E-state index in [1.54, 1.807) is 50.4 Å². The lowest BCUT2D eigenvalue weighted by molar-refractivity contribution is -0.134. The van der Waals surface area contributed by atoms with Gasteiger partial charge in [-0.25, -0.2) is 0 Å². The van der Waals surface area contributed by atoms with E-state index < -0.39 is 0 Å². The normalized spacial score (nSPS) is 14.0. The van der Waals surface area contributed by atoms with E-state index in [-0.39, 0.29) is 23.9 Å². The van der Waals surface area contributed by atoms with Crippen LogP contribution in [0.1, 0.15) is 29.3 Å². The molecule has 1 aliphatic rings. The number of esters is 1. The van der Waals surface area contributed by atoms with E-state index >= 15 is 0 Å². The fraction of sp³-hybridized carbons (Fsp3) is 0.200. The van der Waals surface area contributed by atoms with Gasteiger partial charge in [0.15, 0.2) is 5.76 Å². The largest absolute Gasteiger partial charge is 0.497 e. The summed E-state index contributed by atoms with van der Waals surface area (Å²) in [6, 6.07) is 9.96. The number of Topliss-reactive ketones (excluding diaryl/α,β-unsaturated/α-hetero) is 1. The smallest absolute Gasteiger partial charge is 0.310 e. The third-order valence-electron chi connectivity index (χ3n) is 3.89. The second-order valence-electron chi connectivity index (χ2n) is 5.53. The SMILES string of the molecule is CCC(=O)Oc1ccc2c(c1)O/C(=C\c1ccc(OC)cc1OC)C2=O. The summed E-state index contributed by atoms with van der Waals surface area (Å²) in [6.07, 6.45) is 1.87. The Morgan fingerprint density at radius 2 is 1.85 bits per heavy atom. The highest BCUT2D eigenvalue weighted by Crippen LogP contribution is 2.36. The van der Waals surface area contributed by atoms with Crippen LogP contribution in [0.4, 0.5) is 0 Å².